The quantitative estimate of drug-likeness (QED) is 0.782. The summed E-state index contributed by atoms with van der Waals surface area (Å²) in [5.74, 6) is 0. The summed E-state index contributed by atoms with van der Waals surface area (Å²) in [6.07, 6.45) is 1.94. The minimum atomic E-state index is 0.0683. The zero-order chi connectivity index (χ0) is 12.4. The van der Waals surface area contributed by atoms with Crippen LogP contribution in [0, 0.1) is 0 Å². The van der Waals surface area contributed by atoms with Gasteiger partial charge >= 0.3 is 0 Å². The van der Waals surface area contributed by atoms with Gasteiger partial charge in [-0.2, -0.15) is 0 Å². The van der Waals surface area contributed by atoms with Gasteiger partial charge in [-0.15, -0.1) is 10.2 Å². The second-order valence-corrected chi connectivity index (χ2v) is 4.86. The molecule has 1 N–H and O–H groups in total. The molecular weight excluding hydrogens is 246 g/mol. The van der Waals surface area contributed by atoms with E-state index in [-0.39, 0.29) is 6.61 Å². The lowest BCUT2D eigenvalue weighted by Crippen LogP contribution is -1.86. The average molecular weight is 257 g/mol. The van der Waals surface area contributed by atoms with Crippen LogP contribution >= 0.6 is 11.8 Å². The Morgan fingerprint density at radius 3 is 2.67 bits per heavy atom. The highest BCUT2D eigenvalue weighted by Crippen LogP contribution is 2.26. The van der Waals surface area contributed by atoms with Crippen molar-refractivity contribution in [2.24, 2.45) is 0 Å². The topological polar surface area (TPSA) is 50.4 Å². The van der Waals surface area contributed by atoms with E-state index in [4.69, 9.17) is 5.11 Å². The van der Waals surface area contributed by atoms with Gasteiger partial charge in [0, 0.05) is 11.1 Å². The summed E-state index contributed by atoms with van der Waals surface area (Å²) in [5, 5.41) is 18.1. The first kappa shape index (κ1) is 11.3. The largest absolute Gasteiger partial charge is 0.392 e. The van der Waals surface area contributed by atoms with Crippen LogP contribution < -0.4 is 0 Å². The van der Waals surface area contributed by atoms with E-state index in [1.807, 2.05) is 53.1 Å². The van der Waals surface area contributed by atoms with Crippen LogP contribution in [0.2, 0.25) is 0 Å². The fraction of sp³-hybridized carbons (Fsp3) is 0.0769. The molecule has 3 aromatic rings. The number of nitrogens with zero attached hydrogens (tertiary/aromatic N) is 3. The van der Waals surface area contributed by atoms with Gasteiger partial charge in [0.25, 0.3) is 0 Å². The van der Waals surface area contributed by atoms with Gasteiger partial charge in [-0.05, 0) is 41.6 Å². The Morgan fingerprint density at radius 1 is 1.06 bits per heavy atom. The summed E-state index contributed by atoms with van der Waals surface area (Å²) in [6.45, 7) is 0.0683. The predicted molar refractivity (Wildman–Crippen MR) is 69.5 cm³/mol. The Balaban J connectivity index is 1.91. The molecule has 2 heterocycles. The van der Waals surface area contributed by atoms with Crippen molar-refractivity contribution in [3.05, 3.63) is 54.2 Å². The summed E-state index contributed by atoms with van der Waals surface area (Å²) in [5.41, 5.74) is 1.75. The van der Waals surface area contributed by atoms with Crippen LogP contribution in [0.4, 0.5) is 0 Å². The van der Waals surface area contributed by atoms with E-state index in [1.54, 1.807) is 11.8 Å². The number of hydrogen-bond donors (Lipinski definition) is 1. The van der Waals surface area contributed by atoms with Gasteiger partial charge < -0.3 is 5.11 Å². The normalized spacial score (nSPS) is 10.9. The lowest BCUT2D eigenvalue weighted by molar-refractivity contribution is 0.282. The molecule has 0 aliphatic carbocycles. The van der Waals surface area contributed by atoms with E-state index in [9.17, 15) is 0 Å². The molecule has 0 spiro atoms. The van der Waals surface area contributed by atoms with E-state index in [2.05, 4.69) is 10.2 Å². The lowest BCUT2D eigenvalue weighted by atomic mass is 10.2. The van der Waals surface area contributed by atoms with Crippen LogP contribution in [0.25, 0.3) is 5.65 Å². The second kappa shape index (κ2) is 4.80. The molecule has 90 valence electrons. The molecular formula is C13H11N3OS. The first-order chi connectivity index (χ1) is 8.86. The van der Waals surface area contributed by atoms with Crippen LogP contribution in [-0.2, 0) is 6.61 Å². The van der Waals surface area contributed by atoms with E-state index >= 15 is 0 Å². The minimum absolute atomic E-state index is 0.0683. The van der Waals surface area contributed by atoms with Crippen LogP contribution in [0.15, 0.2) is 58.7 Å². The summed E-state index contributed by atoms with van der Waals surface area (Å²) < 4.78 is 1.95. The Kier molecular flexibility index (Phi) is 3.00. The number of pyridine rings is 1. The maximum Gasteiger partial charge on any atom is 0.200 e. The highest BCUT2D eigenvalue weighted by Gasteiger charge is 2.06. The van der Waals surface area contributed by atoms with Crippen molar-refractivity contribution in [3.8, 4) is 0 Å². The van der Waals surface area contributed by atoms with E-state index in [1.165, 1.54) is 0 Å². The fourth-order valence-corrected chi connectivity index (χ4v) is 2.47. The van der Waals surface area contributed by atoms with Crippen molar-refractivity contribution in [3.63, 3.8) is 0 Å². The number of aliphatic hydroxyl groups is 1. The molecule has 0 aliphatic heterocycles. The maximum atomic E-state index is 8.99. The highest BCUT2D eigenvalue weighted by atomic mass is 32.2. The van der Waals surface area contributed by atoms with Gasteiger partial charge in [0.05, 0.1) is 6.61 Å². The first-order valence-electron chi connectivity index (χ1n) is 5.54. The Morgan fingerprint density at radius 2 is 1.89 bits per heavy atom. The summed E-state index contributed by atoms with van der Waals surface area (Å²) >= 11 is 1.55. The zero-order valence-corrected chi connectivity index (χ0v) is 10.3. The van der Waals surface area contributed by atoms with Gasteiger partial charge in [0.15, 0.2) is 10.8 Å². The number of benzene rings is 1. The predicted octanol–water partition coefficient (Wildman–Crippen LogP) is 2.37. The molecule has 0 unspecified atom stereocenters. The molecule has 1 aromatic carbocycles. The Hall–Kier alpha value is -1.85. The van der Waals surface area contributed by atoms with Crippen LogP contribution in [0.5, 0.6) is 0 Å². The number of aliphatic hydroxyl groups excluding tert-OH is 1. The van der Waals surface area contributed by atoms with Gasteiger partial charge in [-0.25, -0.2) is 0 Å². The van der Waals surface area contributed by atoms with Crippen molar-refractivity contribution < 1.29 is 5.11 Å². The molecule has 0 saturated carbocycles. The van der Waals surface area contributed by atoms with E-state index < -0.39 is 0 Å². The van der Waals surface area contributed by atoms with Crippen molar-refractivity contribution in [2.45, 2.75) is 16.7 Å². The van der Waals surface area contributed by atoms with E-state index in [0.29, 0.717) is 0 Å². The van der Waals surface area contributed by atoms with Gasteiger partial charge in [0.2, 0.25) is 0 Å². The summed E-state index contributed by atoms with van der Waals surface area (Å²) in [7, 11) is 0. The molecule has 0 fully saturated rings. The molecule has 0 bridgehead atoms. The number of fused-ring (bicyclic) bond motifs is 1. The monoisotopic (exact) mass is 257 g/mol. The summed E-state index contributed by atoms with van der Waals surface area (Å²) in [6, 6.07) is 13.6. The average Bonchev–Trinajstić information content (AvgIpc) is 2.83. The summed E-state index contributed by atoms with van der Waals surface area (Å²) in [4.78, 5) is 1.07. The third-order valence-corrected chi connectivity index (χ3v) is 3.57. The Labute approximate surface area is 108 Å². The highest BCUT2D eigenvalue weighted by molar-refractivity contribution is 7.99. The second-order valence-electron chi connectivity index (χ2n) is 3.82. The van der Waals surface area contributed by atoms with Crippen LogP contribution in [0.1, 0.15) is 5.56 Å². The molecule has 4 nitrogen and oxygen atoms in total. The van der Waals surface area contributed by atoms with Crippen molar-refractivity contribution >= 4 is 17.4 Å². The first-order valence-corrected chi connectivity index (χ1v) is 6.36. The molecule has 0 atom stereocenters. The Bertz CT molecular complexity index is 663. The van der Waals surface area contributed by atoms with Gasteiger partial charge in [-0.1, -0.05) is 18.2 Å². The zero-order valence-electron chi connectivity index (χ0n) is 9.52. The molecule has 5 heteroatoms. The van der Waals surface area contributed by atoms with Crippen molar-refractivity contribution in [1.82, 2.24) is 14.6 Å². The fourth-order valence-electron chi connectivity index (χ4n) is 1.66. The van der Waals surface area contributed by atoms with Crippen LogP contribution in [-0.4, -0.2) is 19.7 Å². The van der Waals surface area contributed by atoms with Crippen LogP contribution in [0.3, 0.4) is 0 Å². The molecule has 0 amide bonds. The molecule has 18 heavy (non-hydrogen) atoms. The third kappa shape index (κ3) is 2.10. The smallest absolute Gasteiger partial charge is 0.200 e. The maximum absolute atomic E-state index is 8.99. The number of rotatable bonds is 3. The SMILES string of the molecule is OCc1ccc(Sc2nnc3ccccn23)cc1. The number of aromatic nitrogens is 3. The molecule has 0 radical (unpaired) electrons. The molecule has 2 aromatic heterocycles. The standard InChI is InChI=1S/C13H11N3OS/c17-9-10-4-6-11(7-5-10)18-13-15-14-12-3-1-2-8-16(12)13/h1-8,17H,9H2. The molecule has 0 aliphatic rings. The molecule has 3 rings (SSSR count). The van der Waals surface area contributed by atoms with E-state index in [0.717, 1.165) is 21.3 Å². The lowest BCUT2D eigenvalue weighted by Gasteiger charge is -2.01. The number of hydrogen-bond acceptors (Lipinski definition) is 4. The minimum Gasteiger partial charge on any atom is -0.392 e. The van der Waals surface area contributed by atoms with Crippen molar-refractivity contribution in [2.75, 3.05) is 0 Å². The van der Waals surface area contributed by atoms with Gasteiger partial charge in [-0.3, -0.25) is 4.40 Å². The van der Waals surface area contributed by atoms with Crippen molar-refractivity contribution in [1.29, 1.82) is 0 Å². The van der Waals surface area contributed by atoms with Gasteiger partial charge in [0.1, 0.15) is 0 Å². The third-order valence-electron chi connectivity index (χ3n) is 2.60. The molecule has 0 saturated heterocycles.